The van der Waals surface area contributed by atoms with Gasteiger partial charge in [0.1, 0.15) is 4.83 Å². The van der Waals surface area contributed by atoms with Crippen LogP contribution < -0.4 is 16.6 Å². The number of aromatic amines is 1. The smallest absolute Gasteiger partial charge is 0.319 e. The number of carbonyl (C=O) groups excluding carboxylic acids is 1. The molecule has 0 saturated carbocycles. The third-order valence-corrected chi connectivity index (χ3v) is 4.32. The fourth-order valence-corrected chi connectivity index (χ4v) is 2.99. The number of amides is 1. The molecule has 0 spiro atoms. The minimum Gasteiger partial charge on any atom is -0.319 e. The van der Waals surface area contributed by atoms with E-state index in [9.17, 15) is 14.4 Å². The van der Waals surface area contributed by atoms with Crippen LogP contribution in [0.2, 0.25) is 0 Å². The molecule has 9 heteroatoms. The van der Waals surface area contributed by atoms with Crippen molar-refractivity contribution in [3.05, 3.63) is 44.2 Å². The SMILES string of the molecule is Cn1c(=O)c2cc(C(=O)Nc3cn[nH]c3)sc2n(C)c1=O. The van der Waals surface area contributed by atoms with Crippen molar-refractivity contribution in [2.75, 3.05) is 5.32 Å². The van der Waals surface area contributed by atoms with Gasteiger partial charge in [0, 0.05) is 20.3 Å². The molecule has 8 nitrogen and oxygen atoms in total. The van der Waals surface area contributed by atoms with Gasteiger partial charge in [-0.25, -0.2) is 4.79 Å². The van der Waals surface area contributed by atoms with Gasteiger partial charge < -0.3 is 5.32 Å². The molecule has 0 bridgehead atoms. The Kier molecular flexibility index (Phi) is 2.98. The summed E-state index contributed by atoms with van der Waals surface area (Å²) in [7, 11) is 2.98. The number of rotatable bonds is 2. The van der Waals surface area contributed by atoms with Gasteiger partial charge in [0.2, 0.25) is 0 Å². The van der Waals surface area contributed by atoms with Gasteiger partial charge in [-0.05, 0) is 6.07 Å². The van der Waals surface area contributed by atoms with Gasteiger partial charge in [0.15, 0.2) is 0 Å². The maximum Gasteiger partial charge on any atom is 0.331 e. The molecule has 0 aliphatic rings. The first-order chi connectivity index (χ1) is 9.99. The minimum atomic E-state index is -0.420. The highest BCUT2D eigenvalue weighted by molar-refractivity contribution is 7.20. The van der Waals surface area contributed by atoms with Crippen LogP contribution in [0.15, 0.2) is 28.0 Å². The Morgan fingerprint density at radius 1 is 1.33 bits per heavy atom. The molecule has 2 N–H and O–H groups in total. The summed E-state index contributed by atoms with van der Waals surface area (Å²) in [5, 5.41) is 9.31. The van der Waals surface area contributed by atoms with Gasteiger partial charge >= 0.3 is 5.69 Å². The van der Waals surface area contributed by atoms with Crippen LogP contribution in [0.4, 0.5) is 5.69 Å². The van der Waals surface area contributed by atoms with Crippen molar-refractivity contribution in [1.29, 1.82) is 0 Å². The molecule has 3 heterocycles. The maximum atomic E-state index is 12.1. The molecule has 0 saturated heterocycles. The van der Waals surface area contributed by atoms with Gasteiger partial charge in [0.05, 0.1) is 22.1 Å². The molecule has 0 aliphatic heterocycles. The number of aromatic nitrogens is 4. The van der Waals surface area contributed by atoms with Crippen LogP contribution in [-0.2, 0) is 14.1 Å². The summed E-state index contributed by atoms with van der Waals surface area (Å²) in [5.74, 6) is -0.355. The average molecular weight is 305 g/mol. The summed E-state index contributed by atoms with van der Waals surface area (Å²) in [5.41, 5.74) is -0.304. The highest BCUT2D eigenvalue weighted by atomic mass is 32.1. The van der Waals surface area contributed by atoms with Gasteiger partial charge in [-0.2, -0.15) is 5.10 Å². The summed E-state index contributed by atoms with van der Waals surface area (Å²) in [4.78, 5) is 36.9. The molecule has 108 valence electrons. The summed E-state index contributed by atoms with van der Waals surface area (Å²) in [6.45, 7) is 0. The molecular formula is C12H11N5O3S. The second kappa shape index (κ2) is 4.70. The van der Waals surface area contributed by atoms with Gasteiger partial charge in [0.25, 0.3) is 11.5 Å². The van der Waals surface area contributed by atoms with E-state index < -0.39 is 11.2 Å². The van der Waals surface area contributed by atoms with Gasteiger partial charge in [-0.1, -0.05) is 0 Å². The maximum absolute atomic E-state index is 12.1. The molecule has 3 aromatic rings. The Morgan fingerprint density at radius 3 is 2.76 bits per heavy atom. The number of thiophene rings is 1. The Balaban J connectivity index is 2.12. The van der Waals surface area contributed by atoms with Crippen LogP contribution in [-0.4, -0.2) is 25.2 Å². The van der Waals surface area contributed by atoms with Crippen LogP contribution >= 0.6 is 11.3 Å². The summed E-state index contributed by atoms with van der Waals surface area (Å²) >= 11 is 1.10. The number of H-pyrrole nitrogens is 1. The normalized spacial score (nSPS) is 11.0. The quantitative estimate of drug-likeness (QED) is 0.709. The van der Waals surface area contributed by atoms with Crippen LogP contribution in [0.25, 0.3) is 10.2 Å². The van der Waals surface area contributed by atoms with Crippen LogP contribution in [0, 0.1) is 0 Å². The molecule has 1 amide bonds. The molecule has 0 aromatic carbocycles. The van der Waals surface area contributed by atoms with Crippen LogP contribution in [0.5, 0.6) is 0 Å². The lowest BCUT2D eigenvalue weighted by molar-refractivity contribution is 0.103. The van der Waals surface area contributed by atoms with E-state index in [1.165, 1.54) is 23.9 Å². The predicted octanol–water partition coefficient (Wildman–Crippen LogP) is 0.274. The Hall–Kier alpha value is -2.68. The number of nitrogens with zero attached hydrogens (tertiary/aromatic N) is 3. The molecule has 3 rings (SSSR count). The standard InChI is InChI=1S/C12H11N5O3S/c1-16-10(19)7-3-8(21-11(7)17(2)12(16)20)9(18)15-6-4-13-14-5-6/h3-5H,1-2H3,(H,13,14)(H,15,18). The minimum absolute atomic E-state index is 0.349. The van der Waals surface area contributed by atoms with Crippen molar-refractivity contribution in [2.24, 2.45) is 14.1 Å². The summed E-state index contributed by atoms with van der Waals surface area (Å²) < 4.78 is 2.38. The van der Waals surface area contributed by atoms with Crippen molar-refractivity contribution < 1.29 is 4.79 Å². The molecule has 0 aliphatic carbocycles. The Morgan fingerprint density at radius 2 is 2.10 bits per heavy atom. The average Bonchev–Trinajstić information content (AvgIpc) is 3.11. The highest BCUT2D eigenvalue weighted by Crippen LogP contribution is 2.22. The van der Waals surface area contributed by atoms with Crippen molar-refractivity contribution in [3.63, 3.8) is 0 Å². The van der Waals surface area contributed by atoms with Crippen molar-refractivity contribution in [1.82, 2.24) is 19.3 Å². The second-order valence-corrected chi connectivity index (χ2v) is 5.51. The monoisotopic (exact) mass is 305 g/mol. The number of hydrogen-bond donors (Lipinski definition) is 2. The number of aryl methyl sites for hydroxylation is 1. The fourth-order valence-electron chi connectivity index (χ4n) is 1.99. The van der Waals surface area contributed by atoms with E-state index in [0.29, 0.717) is 20.8 Å². The number of hydrogen-bond acceptors (Lipinski definition) is 5. The van der Waals surface area contributed by atoms with E-state index >= 15 is 0 Å². The zero-order chi connectivity index (χ0) is 15.1. The first kappa shape index (κ1) is 13.3. The molecule has 0 radical (unpaired) electrons. The van der Waals surface area contributed by atoms with E-state index in [1.807, 2.05) is 0 Å². The zero-order valence-electron chi connectivity index (χ0n) is 11.2. The molecule has 21 heavy (non-hydrogen) atoms. The molecule has 0 fully saturated rings. The van der Waals surface area contributed by atoms with Crippen molar-refractivity contribution >= 4 is 33.1 Å². The number of nitrogens with one attached hydrogen (secondary N) is 2. The lowest BCUT2D eigenvalue weighted by Crippen LogP contribution is -2.36. The van der Waals surface area contributed by atoms with Crippen LogP contribution in [0.3, 0.4) is 0 Å². The van der Waals surface area contributed by atoms with E-state index in [-0.39, 0.29) is 5.91 Å². The number of carbonyl (C=O) groups is 1. The largest absolute Gasteiger partial charge is 0.331 e. The topological polar surface area (TPSA) is 102 Å². The van der Waals surface area contributed by atoms with E-state index in [0.717, 1.165) is 15.9 Å². The van der Waals surface area contributed by atoms with Crippen LogP contribution in [0.1, 0.15) is 9.67 Å². The fraction of sp³-hybridized carbons (Fsp3) is 0.167. The zero-order valence-corrected chi connectivity index (χ0v) is 12.0. The molecule has 3 aromatic heterocycles. The van der Waals surface area contributed by atoms with Gasteiger partial charge in [-0.3, -0.25) is 23.8 Å². The molecule has 0 atom stereocenters. The number of anilines is 1. The lowest BCUT2D eigenvalue weighted by atomic mass is 10.3. The van der Waals surface area contributed by atoms with Crippen molar-refractivity contribution in [3.8, 4) is 0 Å². The number of fused-ring (bicyclic) bond motifs is 1. The summed E-state index contributed by atoms with van der Waals surface area (Å²) in [6.07, 6.45) is 3.01. The first-order valence-electron chi connectivity index (χ1n) is 5.98. The van der Waals surface area contributed by atoms with Crippen molar-refractivity contribution in [2.45, 2.75) is 0 Å². The second-order valence-electron chi connectivity index (χ2n) is 4.48. The summed E-state index contributed by atoms with van der Waals surface area (Å²) in [6, 6.07) is 1.50. The Bertz CT molecular complexity index is 948. The van der Waals surface area contributed by atoms with E-state index in [4.69, 9.17) is 0 Å². The molecular weight excluding hydrogens is 294 g/mol. The van der Waals surface area contributed by atoms with E-state index in [1.54, 1.807) is 13.2 Å². The molecule has 0 unspecified atom stereocenters. The van der Waals surface area contributed by atoms with Gasteiger partial charge in [-0.15, -0.1) is 11.3 Å². The van der Waals surface area contributed by atoms with E-state index in [2.05, 4.69) is 15.5 Å². The first-order valence-corrected chi connectivity index (χ1v) is 6.80. The third-order valence-electron chi connectivity index (χ3n) is 3.11. The highest BCUT2D eigenvalue weighted by Gasteiger charge is 2.16. The third kappa shape index (κ3) is 2.07. The Labute approximate surface area is 121 Å². The lowest BCUT2D eigenvalue weighted by Gasteiger charge is -2.01. The predicted molar refractivity (Wildman–Crippen MR) is 78.8 cm³/mol.